The summed E-state index contributed by atoms with van der Waals surface area (Å²) in [6, 6.07) is 3.08. The summed E-state index contributed by atoms with van der Waals surface area (Å²) in [5.74, 6) is -0.815. The Kier molecular flexibility index (Phi) is 3.46. The molecule has 3 N–H and O–H groups in total. The molecule has 1 unspecified atom stereocenters. The maximum absolute atomic E-state index is 11.9. The number of pyridine rings is 1. The van der Waals surface area contributed by atoms with Crippen LogP contribution in [0.15, 0.2) is 12.1 Å². The number of anilines is 1. The Morgan fingerprint density at radius 2 is 2.21 bits per heavy atom. The van der Waals surface area contributed by atoms with E-state index in [1.54, 1.807) is 13.0 Å². The van der Waals surface area contributed by atoms with Crippen molar-refractivity contribution >= 4 is 21.7 Å². The van der Waals surface area contributed by atoms with E-state index in [0.717, 1.165) is 0 Å². The summed E-state index contributed by atoms with van der Waals surface area (Å²) in [4.78, 5) is 17.3. The second-order valence-corrected chi connectivity index (χ2v) is 6.36. The number of nitrogens with zero attached hydrogens (tertiary/aromatic N) is 2. The Hall–Kier alpha value is -1.67. The summed E-state index contributed by atoms with van der Waals surface area (Å²) < 4.78 is 22.1. The molecule has 104 valence electrons. The standard InChI is InChI=1S/C11H15N3O4S/c1-7-2-3-9(15)11(13-7)14-5-8(4-10(14)16)6-19(12,17)18/h2-3,8,15H,4-6H2,1H3,(H2,12,17,18). The molecular formula is C11H15N3O4S. The van der Waals surface area contributed by atoms with Gasteiger partial charge in [-0.15, -0.1) is 0 Å². The third-order valence-electron chi connectivity index (χ3n) is 2.92. The summed E-state index contributed by atoms with van der Waals surface area (Å²) in [7, 11) is -3.62. The van der Waals surface area contributed by atoms with Gasteiger partial charge in [-0.1, -0.05) is 0 Å². The summed E-state index contributed by atoms with van der Waals surface area (Å²) in [6.07, 6.45) is 0.0888. The van der Waals surface area contributed by atoms with Gasteiger partial charge in [-0.25, -0.2) is 18.5 Å². The van der Waals surface area contributed by atoms with E-state index in [4.69, 9.17) is 5.14 Å². The molecule has 0 aliphatic carbocycles. The fourth-order valence-electron chi connectivity index (χ4n) is 2.16. The zero-order valence-corrected chi connectivity index (χ0v) is 11.2. The smallest absolute Gasteiger partial charge is 0.228 e. The third kappa shape index (κ3) is 3.21. The topological polar surface area (TPSA) is 114 Å². The quantitative estimate of drug-likeness (QED) is 0.794. The summed E-state index contributed by atoms with van der Waals surface area (Å²) in [6.45, 7) is 1.94. The fraction of sp³-hybridized carbons (Fsp3) is 0.455. The second kappa shape index (κ2) is 4.78. The van der Waals surface area contributed by atoms with Gasteiger partial charge in [0.15, 0.2) is 11.6 Å². The molecule has 2 heterocycles. The van der Waals surface area contributed by atoms with Gasteiger partial charge in [0.05, 0.1) is 5.75 Å². The summed E-state index contributed by atoms with van der Waals surface area (Å²) in [5, 5.41) is 14.7. The van der Waals surface area contributed by atoms with Crippen LogP contribution < -0.4 is 10.0 Å². The van der Waals surface area contributed by atoms with Crippen LogP contribution >= 0.6 is 0 Å². The highest BCUT2D eigenvalue weighted by molar-refractivity contribution is 7.89. The van der Waals surface area contributed by atoms with Crippen LogP contribution in [-0.2, 0) is 14.8 Å². The second-order valence-electron chi connectivity index (χ2n) is 4.70. The van der Waals surface area contributed by atoms with E-state index in [-0.39, 0.29) is 42.1 Å². The molecule has 1 atom stereocenters. The zero-order chi connectivity index (χ0) is 14.2. The molecule has 1 amide bonds. The molecule has 0 radical (unpaired) electrons. The van der Waals surface area contributed by atoms with Crippen LogP contribution in [0.5, 0.6) is 5.75 Å². The average Bonchev–Trinajstić information content (AvgIpc) is 2.60. The summed E-state index contributed by atoms with van der Waals surface area (Å²) in [5.41, 5.74) is 0.662. The average molecular weight is 285 g/mol. The first-order valence-corrected chi connectivity index (χ1v) is 7.45. The van der Waals surface area contributed by atoms with E-state index in [1.165, 1.54) is 11.0 Å². The van der Waals surface area contributed by atoms with Crippen molar-refractivity contribution in [3.8, 4) is 5.75 Å². The predicted octanol–water partition coefficient (Wildman–Crippen LogP) is -0.263. The monoisotopic (exact) mass is 285 g/mol. The van der Waals surface area contributed by atoms with Gasteiger partial charge in [-0.05, 0) is 19.1 Å². The Labute approximate surface area is 111 Å². The first-order chi connectivity index (χ1) is 8.76. The summed E-state index contributed by atoms with van der Waals surface area (Å²) >= 11 is 0. The number of nitrogens with two attached hydrogens (primary N) is 1. The molecule has 0 bridgehead atoms. The fourth-order valence-corrected chi connectivity index (χ4v) is 3.04. The minimum absolute atomic E-state index is 0.0888. The molecule has 19 heavy (non-hydrogen) atoms. The normalized spacial score (nSPS) is 20.0. The molecule has 8 heteroatoms. The van der Waals surface area contributed by atoms with Crippen LogP contribution in [0.2, 0.25) is 0 Å². The number of aromatic nitrogens is 1. The molecule has 1 aliphatic heterocycles. The molecule has 1 aromatic rings. The molecule has 1 saturated heterocycles. The van der Waals surface area contributed by atoms with Crippen molar-refractivity contribution in [2.24, 2.45) is 11.1 Å². The number of primary sulfonamides is 1. The Morgan fingerprint density at radius 3 is 2.84 bits per heavy atom. The Morgan fingerprint density at radius 1 is 1.53 bits per heavy atom. The van der Waals surface area contributed by atoms with Crippen LogP contribution in [0, 0.1) is 12.8 Å². The number of aromatic hydroxyl groups is 1. The highest BCUT2D eigenvalue weighted by Crippen LogP contribution is 2.30. The van der Waals surface area contributed by atoms with E-state index in [2.05, 4.69) is 4.98 Å². The lowest BCUT2D eigenvalue weighted by atomic mass is 10.1. The minimum atomic E-state index is -3.62. The lowest BCUT2D eigenvalue weighted by molar-refractivity contribution is -0.117. The van der Waals surface area contributed by atoms with E-state index >= 15 is 0 Å². The zero-order valence-electron chi connectivity index (χ0n) is 10.4. The number of rotatable bonds is 3. The Bertz CT molecular complexity index is 614. The van der Waals surface area contributed by atoms with Crippen molar-refractivity contribution in [3.63, 3.8) is 0 Å². The van der Waals surface area contributed by atoms with E-state index in [0.29, 0.717) is 5.69 Å². The van der Waals surface area contributed by atoms with Crippen molar-refractivity contribution in [1.29, 1.82) is 0 Å². The molecule has 1 fully saturated rings. The van der Waals surface area contributed by atoms with Crippen molar-refractivity contribution < 1.29 is 18.3 Å². The third-order valence-corrected chi connectivity index (χ3v) is 3.86. The molecular weight excluding hydrogens is 270 g/mol. The van der Waals surface area contributed by atoms with Gasteiger partial charge in [-0.3, -0.25) is 9.69 Å². The highest BCUT2D eigenvalue weighted by Gasteiger charge is 2.34. The molecule has 7 nitrogen and oxygen atoms in total. The number of carbonyl (C=O) groups is 1. The van der Waals surface area contributed by atoms with Gasteiger partial charge >= 0.3 is 0 Å². The first-order valence-electron chi connectivity index (χ1n) is 5.74. The molecule has 0 saturated carbocycles. The van der Waals surface area contributed by atoms with Crippen molar-refractivity contribution in [1.82, 2.24) is 4.98 Å². The molecule has 0 aromatic carbocycles. The first kappa shape index (κ1) is 13.8. The van der Waals surface area contributed by atoms with E-state index in [1.807, 2.05) is 0 Å². The maximum atomic E-state index is 11.9. The molecule has 2 rings (SSSR count). The van der Waals surface area contributed by atoms with Gasteiger partial charge in [0, 0.05) is 24.6 Å². The lowest BCUT2D eigenvalue weighted by Gasteiger charge is -2.17. The predicted molar refractivity (Wildman–Crippen MR) is 69.1 cm³/mol. The molecule has 0 spiro atoms. The van der Waals surface area contributed by atoms with Crippen LogP contribution in [0.1, 0.15) is 12.1 Å². The number of hydrogen-bond acceptors (Lipinski definition) is 5. The number of hydrogen-bond donors (Lipinski definition) is 2. The number of carbonyl (C=O) groups excluding carboxylic acids is 1. The van der Waals surface area contributed by atoms with Crippen molar-refractivity contribution in [3.05, 3.63) is 17.8 Å². The van der Waals surface area contributed by atoms with Crippen LogP contribution in [0.4, 0.5) is 5.82 Å². The van der Waals surface area contributed by atoms with Crippen LogP contribution in [0.3, 0.4) is 0 Å². The lowest BCUT2D eigenvalue weighted by Crippen LogP contribution is -2.28. The van der Waals surface area contributed by atoms with Gasteiger partial charge in [0.2, 0.25) is 15.9 Å². The van der Waals surface area contributed by atoms with Crippen LogP contribution in [-0.4, -0.2) is 36.7 Å². The number of amides is 1. The minimum Gasteiger partial charge on any atom is -0.504 e. The van der Waals surface area contributed by atoms with Gasteiger partial charge in [0.1, 0.15) is 0 Å². The van der Waals surface area contributed by atoms with Crippen LogP contribution in [0.25, 0.3) is 0 Å². The van der Waals surface area contributed by atoms with E-state index < -0.39 is 10.0 Å². The van der Waals surface area contributed by atoms with Crippen molar-refractivity contribution in [2.45, 2.75) is 13.3 Å². The molecule has 1 aliphatic rings. The largest absolute Gasteiger partial charge is 0.504 e. The number of sulfonamides is 1. The SMILES string of the molecule is Cc1ccc(O)c(N2CC(CS(N)(=O)=O)CC2=O)n1. The Balaban J connectivity index is 2.23. The maximum Gasteiger partial charge on any atom is 0.228 e. The number of aryl methyl sites for hydroxylation is 1. The van der Waals surface area contributed by atoms with E-state index in [9.17, 15) is 18.3 Å². The van der Waals surface area contributed by atoms with Gasteiger partial charge in [0.25, 0.3) is 0 Å². The van der Waals surface area contributed by atoms with Crippen molar-refractivity contribution in [2.75, 3.05) is 17.2 Å². The van der Waals surface area contributed by atoms with Gasteiger partial charge in [-0.2, -0.15) is 0 Å². The highest BCUT2D eigenvalue weighted by atomic mass is 32.2. The van der Waals surface area contributed by atoms with Gasteiger partial charge < -0.3 is 5.11 Å². The molecule has 1 aromatic heterocycles.